The van der Waals surface area contributed by atoms with Crippen LogP contribution in [0.5, 0.6) is 0 Å². The molecule has 5 heteroatoms. The van der Waals surface area contributed by atoms with E-state index in [1.54, 1.807) is 0 Å². The zero-order chi connectivity index (χ0) is 10.7. The third-order valence-corrected chi connectivity index (χ3v) is 3.57. The molecule has 1 aliphatic heterocycles. The Morgan fingerprint density at radius 1 is 1.40 bits per heavy atom. The smallest absolute Gasteiger partial charge is 0.167 e. The second-order valence-electron chi connectivity index (χ2n) is 3.41. The molecule has 0 bridgehead atoms. The van der Waals surface area contributed by atoms with Crippen LogP contribution in [0.15, 0.2) is 12.3 Å². The van der Waals surface area contributed by atoms with Gasteiger partial charge in [-0.3, -0.25) is 0 Å². The van der Waals surface area contributed by atoms with Crippen molar-refractivity contribution in [1.29, 1.82) is 0 Å². The highest BCUT2D eigenvalue weighted by atomic mass is 35.5. The summed E-state index contributed by atoms with van der Waals surface area (Å²) in [6, 6.07) is 1.32. The summed E-state index contributed by atoms with van der Waals surface area (Å²) >= 11 is 7.57. The lowest BCUT2D eigenvalue weighted by atomic mass is 10.3. The fraction of sp³-hybridized carbons (Fsp3) is 0.500. The third-order valence-electron chi connectivity index (χ3n) is 2.31. The SMILES string of the molecule is Fc1cc(Cl)cnc1N1CCCSCC1. The van der Waals surface area contributed by atoms with Gasteiger partial charge < -0.3 is 4.90 Å². The number of hydrogen-bond donors (Lipinski definition) is 0. The minimum atomic E-state index is -0.325. The molecule has 1 aliphatic rings. The Morgan fingerprint density at radius 2 is 2.27 bits per heavy atom. The molecular weight excluding hydrogens is 235 g/mol. The van der Waals surface area contributed by atoms with Gasteiger partial charge in [0.25, 0.3) is 0 Å². The van der Waals surface area contributed by atoms with Crippen molar-refractivity contribution in [2.75, 3.05) is 29.5 Å². The first-order valence-electron chi connectivity index (χ1n) is 4.91. The molecule has 2 heterocycles. The van der Waals surface area contributed by atoms with E-state index in [1.165, 1.54) is 12.3 Å². The van der Waals surface area contributed by atoms with Gasteiger partial charge in [0.2, 0.25) is 0 Å². The molecule has 0 N–H and O–H groups in total. The van der Waals surface area contributed by atoms with Gasteiger partial charge in [-0.15, -0.1) is 0 Å². The summed E-state index contributed by atoms with van der Waals surface area (Å²) in [5.41, 5.74) is 0. The normalized spacial score (nSPS) is 17.6. The summed E-state index contributed by atoms with van der Waals surface area (Å²) in [5, 5.41) is 0.348. The number of thioether (sulfide) groups is 1. The molecule has 1 saturated heterocycles. The summed E-state index contributed by atoms with van der Waals surface area (Å²) in [7, 11) is 0. The number of hydrogen-bond acceptors (Lipinski definition) is 3. The van der Waals surface area contributed by atoms with E-state index in [4.69, 9.17) is 11.6 Å². The molecule has 0 amide bonds. The third kappa shape index (κ3) is 2.75. The first-order valence-corrected chi connectivity index (χ1v) is 6.44. The van der Waals surface area contributed by atoms with Gasteiger partial charge in [-0.05, 0) is 18.2 Å². The predicted octanol–water partition coefficient (Wildman–Crippen LogP) is 2.82. The largest absolute Gasteiger partial charge is 0.353 e. The lowest BCUT2D eigenvalue weighted by Gasteiger charge is -2.21. The molecular formula is C10H12ClFN2S. The van der Waals surface area contributed by atoms with Gasteiger partial charge in [0.15, 0.2) is 11.6 Å². The van der Waals surface area contributed by atoms with Crippen LogP contribution in [0.4, 0.5) is 10.2 Å². The van der Waals surface area contributed by atoms with Crippen molar-refractivity contribution in [1.82, 2.24) is 4.98 Å². The summed E-state index contributed by atoms with van der Waals surface area (Å²) < 4.78 is 13.6. The van der Waals surface area contributed by atoms with E-state index in [1.807, 2.05) is 16.7 Å². The first kappa shape index (κ1) is 11.0. The highest BCUT2D eigenvalue weighted by molar-refractivity contribution is 7.99. The van der Waals surface area contributed by atoms with Crippen molar-refractivity contribution in [2.45, 2.75) is 6.42 Å². The summed E-state index contributed by atoms with van der Waals surface area (Å²) in [6.45, 7) is 1.73. The van der Waals surface area contributed by atoms with E-state index in [2.05, 4.69) is 4.98 Å². The number of aromatic nitrogens is 1. The lowest BCUT2D eigenvalue weighted by molar-refractivity contribution is 0.610. The first-order chi connectivity index (χ1) is 7.27. The highest BCUT2D eigenvalue weighted by Gasteiger charge is 2.15. The lowest BCUT2D eigenvalue weighted by Crippen LogP contribution is -2.27. The maximum Gasteiger partial charge on any atom is 0.167 e. The fourth-order valence-corrected chi connectivity index (χ4v) is 2.63. The van der Waals surface area contributed by atoms with E-state index in [0.29, 0.717) is 10.8 Å². The van der Waals surface area contributed by atoms with E-state index >= 15 is 0 Å². The van der Waals surface area contributed by atoms with Gasteiger partial charge >= 0.3 is 0 Å². The van der Waals surface area contributed by atoms with Crippen LogP contribution in [-0.2, 0) is 0 Å². The molecule has 0 atom stereocenters. The number of rotatable bonds is 1. The molecule has 0 radical (unpaired) electrons. The quantitative estimate of drug-likeness (QED) is 0.758. The molecule has 15 heavy (non-hydrogen) atoms. The summed E-state index contributed by atoms with van der Waals surface area (Å²) in [5.74, 6) is 2.28. The van der Waals surface area contributed by atoms with Crippen molar-refractivity contribution >= 4 is 29.2 Å². The van der Waals surface area contributed by atoms with Crippen LogP contribution in [0, 0.1) is 5.82 Å². The van der Waals surface area contributed by atoms with Gasteiger partial charge in [0.1, 0.15) is 0 Å². The zero-order valence-electron chi connectivity index (χ0n) is 8.25. The van der Waals surface area contributed by atoms with Crippen LogP contribution in [0.3, 0.4) is 0 Å². The zero-order valence-corrected chi connectivity index (χ0v) is 9.82. The number of anilines is 1. The molecule has 1 fully saturated rings. The Bertz CT molecular complexity index is 340. The average molecular weight is 247 g/mol. The van der Waals surface area contributed by atoms with Crippen LogP contribution < -0.4 is 4.90 Å². The predicted molar refractivity (Wildman–Crippen MR) is 63.4 cm³/mol. The number of pyridine rings is 1. The molecule has 0 aliphatic carbocycles. The standard InChI is InChI=1S/C10H12ClFN2S/c11-8-6-9(12)10(13-7-8)14-2-1-4-15-5-3-14/h6-7H,1-5H2. The molecule has 0 spiro atoms. The van der Waals surface area contributed by atoms with Gasteiger partial charge in [0, 0.05) is 25.0 Å². The van der Waals surface area contributed by atoms with Crippen LogP contribution in [-0.4, -0.2) is 29.6 Å². The summed E-state index contributed by atoms with van der Waals surface area (Å²) in [4.78, 5) is 6.04. The molecule has 2 nitrogen and oxygen atoms in total. The molecule has 82 valence electrons. The van der Waals surface area contributed by atoms with Crippen molar-refractivity contribution < 1.29 is 4.39 Å². The van der Waals surface area contributed by atoms with E-state index in [-0.39, 0.29) is 5.82 Å². The van der Waals surface area contributed by atoms with Gasteiger partial charge in [-0.25, -0.2) is 9.37 Å². The van der Waals surface area contributed by atoms with Gasteiger partial charge in [-0.2, -0.15) is 11.8 Å². The maximum atomic E-state index is 13.6. The van der Waals surface area contributed by atoms with Crippen LogP contribution in [0.2, 0.25) is 5.02 Å². The van der Waals surface area contributed by atoms with Crippen LogP contribution in [0.1, 0.15) is 6.42 Å². The van der Waals surface area contributed by atoms with Crippen LogP contribution >= 0.6 is 23.4 Å². The summed E-state index contributed by atoms with van der Waals surface area (Å²) in [6.07, 6.45) is 2.58. The van der Waals surface area contributed by atoms with Crippen molar-refractivity contribution in [2.24, 2.45) is 0 Å². The average Bonchev–Trinajstić information content (AvgIpc) is 2.46. The second-order valence-corrected chi connectivity index (χ2v) is 5.07. The second kappa shape index (κ2) is 5.03. The number of halogens is 2. The fourth-order valence-electron chi connectivity index (χ4n) is 1.60. The van der Waals surface area contributed by atoms with E-state index in [9.17, 15) is 4.39 Å². The molecule has 1 aromatic heterocycles. The van der Waals surface area contributed by atoms with E-state index < -0.39 is 0 Å². The van der Waals surface area contributed by atoms with Crippen molar-refractivity contribution in [3.05, 3.63) is 23.1 Å². The minimum absolute atomic E-state index is 0.325. The van der Waals surface area contributed by atoms with Gasteiger partial charge in [-0.1, -0.05) is 11.6 Å². The highest BCUT2D eigenvalue weighted by Crippen LogP contribution is 2.22. The Kier molecular flexibility index (Phi) is 3.70. The molecule has 2 rings (SSSR count). The number of nitrogens with zero attached hydrogens (tertiary/aromatic N) is 2. The molecule has 0 aromatic carbocycles. The van der Waals surface area contributed by atoms with Crippen molar-refractivity contribution in [3.63, 3.8) is 0 Å². The Labute approximate surface area is 97.8 Å². The van der Waals surface area contributed by atoms with E-state index in [0.717, 1.165) is 31.0 Å². The Hall–Kier alpha value is -0.480. The monoisotopic (exact) mass is 246 g/mol. The minimum Gasteiger partial charge on any atom is -0.353 e. The molecule has 0 unspecified atom stereocenters. The van der Waals surface area contributed by atoms with Gasteiger partial charge in [0.05, 0.1) is 5.02 Å². The molecule has 1 aromatic rings. The topological polar surface area (TPSA) is 16.1 Å². The van der Waals surface area contributed by atoms with Crippen LogP contribution in [0.25, 0.3) is 0 Å². The maximum absolute atomic E-state index is 13.6. The molecule has 0 saturated carbocycles. The Balaban J connectivity index is 2.19. The Morgan fingerprint density at radius 3 is 3.07 bits per heavy atom. The van der Waals surface area contributed by atoms with Crippen molar-refractivity contribution in [3.8, 4) is 0 Å².